The lowest BCUT2D eigenvalue weighted by atomic mass is 10.00. The molecule has 0 saturated heterocycles. The number of fused-ring (bicyclic) bond motifs is 1. The molecule has 0 radical (unpaired) electrons. The van der Waals surface area contributed by atoms with Gasteiger partial charge < -0.3 is 10.1 Å². The molecule has 0 amide bonds. The highest BCUT2D eigenvalue weighted by atomic mass is 32.2. The molecule has 1 aromatic carbocycles. The monoisotopic (exact) mass is 305 g/mol. The van der Waals surface area contributed by atoms with E-state index >= 15 is 0 Å². The number of ether oxygens (including phenoxy) is 1. The highest BCUT2D eigenvalue weighted by Gasteiger charge is 2.32. The molecule has 0 aliphatic rings. The number of hydrogen-bond donors (Lipinski definition) is 1. The maximum Gasteiger partial charge on any atom is 0.325 e. The summed E-state index contributed by atoms with van der Waals surface area (Å²) in [6.45, 7) is 1.84. The molecule has 0 saturated carbocycles. The molecule has 6 heteroatoms. The van der Waals surface area contributed by atoms with Gasteiger partial charge in [-0.3, -0.25) is 4.79 Å². The molecule has 0 aliphatic carbocycles. The molecule has 1 unspecified atom stereocenters. The summed E-state index contributed by atoms with van der Waals surface area (Å²) < 4.78 is 4.84. The number of carbonyl (C=O) groups is 1. The molecule has 21 heavy (non-hydrogen) atoms. The van der Waals surface area contributed by atoms with E-state index in [1.54, 1.807) is 25.1 Å². The minimum atomic E-state index is -0.676. The zero-order chi connectivity index (χ0) is 15.3. The second-order valence-electron chi connectivity index (χ2n) is 4.87. The molecular weight excluding hydrogens is 286 g/mol. The quantitative estimate of drug-likeness (QED) is 0.502. The molecule has 112 valence electrons. The summed E-state index contributed by atoms with van der Waals surface area (Å²) in [4.78, 5) is 20.4. The van der Waals surface area contributed by atoms with Gasteiger partial charge in [0, 0.05) is 11.1 Å². The Kier molecular flexibility index (Phi) is 5.14. The van der Waals surface area contributed by atoms with Gasteiger partial charge in [-0.05, 0) is 26.5 Å². The minimum absolute atomic E-state index is 0.252. The molecular formula is C15H19N3O2S. The van der Waals surface area contributed by atoms with Crippen molar-refractivity contribution in [3.8, 4) is 0 Å². The SMILES string of the molecule is CNC(C)(CCSc1ncnc2ccccc12)C(=O)OC. The van der Waals surface area contributed by atoms with Gasteiger partial charge in [0.25, 0.3) is 0 Å². The molecule has 2 rings (SSSR count). The third-order valence-electron chi connectivity index (χ3n) is 3.53. The molecule has 0 spiro atoms. The Morgan fingerprint density at radius 3 is 2.86 bits per heavy atom. The first-order valence-electron chi connectivity index (χ1n) is 6.70. The Hall–Kier alpha value is -1.66. The lowest BCUT2D eigenvalue weighted by Gasteiger charge is -2.25. The first-order valence-corrected chi connectivity index (χ1v) is 7.69. The number of hydrogen-bond acceptors (Lipinski definition) is 6. The van der Waals surface area contributed by atoms with Gasteiger partial charge in [-0.25, -0.2) is 9.97 Å². The number of carbonyl (C=O) groups excluding carboxylic acids is 1. The van der Waals surface area contributed by atoms with Crippen molar-refractivity contribution in [3.63, 3.8) is 0 Å². The molecule has 5 nitrogen and oxygen atoms in total. The smallest absolute Gasteiger partial charge is 0.325 e. The number of nitrogens with one attached hydrogen (secondary N) is 1. The Bertz CT molecular complexity index is 630. The zero-order valence-electron chi connectivity index (χ0n) is 12.4. The van der Waals surface area contributed by atoms with Gasteiger partial charge in [-0.15, -0.1) is 11.8 Å². The largest absolute Gasteiger partial charge is 0.468 e. The molecule has 0 fully saturated rings. The Balaban J connectivity index is 2.07. The molecule has 1 heterocycles. The summed E-state index contributed by atoms with van der Waals surface area (Å²) >= 11 is 1.62. The van der Waals surface area contributed by atoms with Crippen LogP contribution in [0.5, 0.6) is 0 Å². The van der Waals surface area contributed by atoms with E-state index in [1.165, 1.54) is 7.11 Å². The third-order valence-corrected chi connectivity index (χ3v) is 4.54. The minimum Gasteiger partial charge on any atom is -0.468 e. The van der Waals surface area contributed by atoms with Crippen molar-refractivity contribution in [2.24, 2.45) is 0 Å². The maximum absolute atomic E-state index is 11.8. The standard InChI is InChI=1S/C15H19N3O2S/c1-15(16-2,14(19)20-3)8-9-21-13-11-6-4-5-7-12(11)17-10-18-13/h4-7,10,16H,8-9H2,1-3H3. The van der Waals surface area contributed by atoms with Crippen LogP contribution in [0.15, 0.2) is 35.6 Å². The van der Waals surface area contributed by atoms with Gasteiger partial charge in [-0.2, -0.15) is 0 Å². The van der Waals surface area contributed by atoms with Gasteiger partial charge in [-0.1, -0.05) is 18.2 Å². The van der Waals surface area contributed by atoms with Crippen LogP contribution < -0.4 is 5.32 Å². The van der Waals surface area contributed by atoms with Crippen molar-refractivity contribution >= 4 is 28.6 Å². The highest BCUT2D eigenvalue weighted by molar-refractivity contribution is 7.99. The van der Waals surface area contributed by atoms with E-state index in [0.717, 1.165) is 21.7 Å². The molecule has 0 bridgehead atoms. The van der Waals surface area contributed by atoms with Crippen LogP contribution in [0.1, 0.15) is 13.3 Å². The van der Waals surface area contributed by atoms with Crippen molar-refractivity contribution in [2.45, 2.75) is 23.9 Å². The van der Waals surface area contributed by atoms with Crippen LogP contribution in [-0.4, -0.2) is 41.4 Å². The second-order valence-corrected chi connectivity index (χ2v) is 5.95. The van der Waals surface area contributed by atoms with Gasteiger partial charge in [0.15, 0.2) is 0 Å². The zero-order valence-corrected chi connectivity index (χ0v) is 13.2. The average molecular weight is 305 g/mol. The first-order chi connectivity index (χ1) is 10.1. The summed E-state index contributed by atoms with van der Waals surface area (Å²) in [6.07, 6.45) is 2.22. The van der Waals surface area contributed by atoms with Crippen LogP contribution >= 0.6 is 11.8 Å². The van der Waals surface area contributed by atoms with Crippen LogP contribution in [-0.2, 0) is 9.53 Å². The van der Waals surface area contributed by atoms with E-state index in [0.29, 0.717) is 6.42 Å². The summed E-state index contributed by atoms with van der Waals surface area (Å²) in [5, 5.41) is 5.00. The topological polar surface area (TPSA) is 64.1 Å². The van der Waals surface area contributed by atoms with Crippen LogP contribution in [0.25, 0.3) is 10.9 Å². The Morgan fingerprint density at radius 2 is 2.14 bits per heavy atom. The predicted molar refractivity (Wildman–Crippen MR) is 84.4 cm³/mol. The molecule has 1 aromatic heterocycles. The van der Waals surface area contributed by atoms with E-state index in [1.807, 2.05) is 31.2 Å². The number of thioether (sulfide) groups is 1. The number of methoxy groups -OCH3 is 1. The summed E-state index contributed by atoms with van der Waals surface area (Å²) in [6, 6.07) is 7.91. The molecule has 0 aliphatic heterocycles. The van der Waals surface area contributed by atoms with Gasteiger partial charge >= 0.3 is 5.97 Å². The maximum atomic E-state index is 11.8. The van der Waals surface area contributed by atoms with Crippen LogP contribution in [0.2, 0.25) is 0 Å². The fourth-order valence-electron chi connectivity index (χ4n) is 2.00. The predicted octanol–water partition coefficient (Wildman–Crippen LogP) is 2.26. The normalized spacial score (nSPS) is 13.9. The lowest BCUT2D eigenvalue weighted by Crippen LogP contribution is -2.48. The molecule has 1 atom stereocenters. The van der Waals surface area contributed by atoms with E-state index in [4.69, 9.17) is 4.74 Å². The number of aromatic nitrogens is 2. The fraction of sp³-hybridized carbons (Fsp3) is 0.400. The van der Waals surface area contributed by atoms with Crippen LogP contribution in [0.4, 0.5) is 0 Å². The number of para-hydroxylation sites is 1. The fourth-order valence-corrected chi connectivity index (χ4v) is 3.15. The van der Waals surface area contributed by atoms with Crippen LogP contribution in [0.3, 0.4) is 0 Å². The molecule has 2 aromatic rings. The highest BCUT2D eigenvalue weighted by Crippen LogP contribution is 2.26. The van der Waals surface area contributed by atoms with E-state index in [9.17, 15) is 4.79 Å². The van der Waals surface area contributed by atoms with Gasteiger partial charge in [0.2, 0.25) is 0 Å². The second kappa shape index (κ2) is 6.87. The van der Waals surface area contributed by atoms with E-state index in [2.05, 4.69) is 15.3 Å². The lowest BCUT2D eigenvalue weighted by molar-refractivity contribution is -0.147. The summed E-state index contributed by atoms with van der Waals surface area (Å²) in [5.74, 6) is 0.506. The summed E-state index contributed by atoms with van der Waals surface area (Å²) in [7, 11) is 3.17. The average Bonchev–Trinajstić information content (AvgIpc) is 2.54. The van der Waals surface area contributed by atoms with Crippen molar-refractivity contribution in [3.05, 3.63) is 30.6 Å². The van der Waals surface area contributed by atoms with Crippen molar-refractivity contribution in [1.29, 1.82) is 0 Å². The first kappa shape index (κ1) is 15.7. The van der Waals surface area contributed by atoms with Gasteiger partial charge in [0.05, 0.1) is 12.6 Å². The number of likely N-dealkylation sites (N-methyl/N-ethyl adjacent to an activating group) is 1. The number of benzene rings is 1. The number of nitrogens with zero attached hydrogens (tertiary/aromatic N) is 2. The molecule has 1 N–H and O–H groups in total. The summed E-state index contributed by atoms with van der Waals surface area (Å²) in [5.41, 5.74) is 0.254. The third kappa shape index (κ3) is 3.51. The van der Waals surface area contributed by atoms with Crippen molar-refractivity contribution < 1.29 is 9.53 Å². The number of esters is 1. The Labute approximate surface area is 128 Å². The number of rotatable bonds is 6. The van der Waals surface area contributed by atoms with E-state index < -0.39 is 5.54 Å². The Morgan fingerprint density at radius 1 is 1.38 bits per heavy atom. The van der Waals surface area contributed by atoms with Crippen LogP contribution in [0, 0.1) is 0 Å². The van der Waals surface area contributed by atoms with E-state index in [-0.39, 0.29) is 5.97 Å². The van der Waals surface area contributed by atoms with Crippen molar-refractivity contribution in [2.75, 3.05) is 19.9 Å². The van der Waals surface area contributed by atoms with Crippen molar-refractivity contribution in [1.82, 2.24) is 15.3 Å². The van der Waals surface area contributed by atoms with Gasteiger partial charge in [0.1, 0.15) is 16.9 Å².